The highest BCUT2D eigenvalue weighted by Crippen LogP contribution is 2.24. The summed E-state index contributed by atoms with van der Waals surface area (Å²) >= 11 is 0. The number of carboxylic acids is 1. The van der Waals surface area contributed by atoms with E-state index in [4.69, 9.17) is 28.0 Å². The van der Waals surface area contributed by atoms with Gasteiger partial charge in [-0.15, -0.1) is 0 Å². The van der Waals surface area contributed by atoms with Crippen molar-refractivity contribution in [2.75, 3.05) is 19.7 Å². The third kappa shape index (κ3) is 26.3. The quantitative estimate of drug-likeness (QED) is 0.0105. The Labute approximate surface area is 419 Å². The van der Waals surface area contributed by atoms with Crippen LogP contribution in [0.25, 0.3) is 0 Å². The molecule has 0 rings (SSSR count). The molecule has 424 valence electrons. The van der Waals surface area contributed by atoms with Gasteiger partial charge in [-0.05, 0) is 43.9 Å². The molecular formula is C41H68F6N12O15. The number of alkyl halides is 6. The molecule has 0 heterocycles. The van der Waals surface area contributed by atoms with Crippen molar-refractivity contribution in [2.24, 2.45) is 45.7 Å². The van der Waals surface area contributed by atoms with E-state index in [1.807, 2.05) is 5.32 Å². The molecule has 1 unspecified atom stereocenters. The van der Waals surface area contributed by atoms with Gasteiger partial charge in [0.25, 0.3) is 0 Å². The van der Waals surface area contributed by atoms with E-state index >= 15 is 0 Å². The molecule has 0 spiro atoms. The largest absolute Gasteiger partial charge is 0.480 e. The average molecular weight is 1080 g/mol. The smallest absolute Gasteiger partial charge is 0.458 e. The Bertz CT molecular complexity index is 1960. The molecule has 0 aromatic heterocycles. The number of primary amides is 1. The molecule has 0 bridgehead atoms. The van der Waals surface area contributed by atoms with Crippen LogP contribution in [0.4, 0.5) is 26.3 Å². The summed E-state index contributed by atoms with van der Waals surface area (Å²) in [5.41, 5.74) is 22.0. The topological polar surface area (TPSA) is 469 Å². The molecular weight excluding hydrogens is 1010 g/mol. The number of hydrogen-bond donors (Lipinski definition) is 15. The molecule has 27 nitrogen and oxygen atoms in total. The summed E-state index contributed by atoms with van der Waals surface area (Å²) < 4.78 is 67.0. The molecule has 10 atom stereocenters. The van der Waals surface area contributed by atoms with E-state index in [1.54, 1.807) is 41.5 Å². The maximum atomic E-state index is 13.9. The first-order valence-corrected chi connectivity index (χ1v) is 22.4. The maximum Gasteiger partial charge on any atom is 0.458 e. The first-order chi connectivity index (χ1) is 33.8. The van der Waals surface area contributed by atoms with Gasteiger partial charge < -0.3 is 80.6 Å². The van der Waals surface area contributed by atoms with E-state index in [2.05, 4.69) is 36.9 Å². The maximum absolute atomic E-state index is 13.9. The highest BCUT2D eigenvalue weighted by atomic mass is 19.4. The van der Waals surface area contributed by atoms with Gasteiger partial charge in [0.1, 0.15) is 42.3 Å². The van der Waals surface area contributed by atoms with Gasteiger partial charge in [0.2, 0.25) is 47.3 Å². The van der Waals surface area contributed by atoms with Crippen LogP contribution in [0.5, 0.6) is 0 Å². The number of aliphatic carboxylic acids is 1. The molecule has 8 amide bonds. The van der Waals surface area contributed by atoms with E-state index in [1.165, 1.54) is 0 Å². The summed E-state index contributed by atoms with van der Waals surface area (Å²) in [7, 11) is 0. The monoisotopic (exact) mass is 1080 g/mol. The van der Waals surface area contributed by atoms with Gasteiger partial charge in [-0.1, -0.05) is 48.0 Å². The van der Waals surface area contributed by atoms with E-state index < -0.39 is 157 Å². The normalized spacial score (nSPS) is 15.5. The first kappa shape index (κ1) is 69.3. The molecule has 0 aliphatic rings. The number of carboxylic acid groups (broad SMARTS) is 1. The molecule has 0 saturated carbocycles. The van der Waals surface area contributed by atoms with Crippen molar-refractivity contribution in [1.29, 1.82) is 0 Å². The zero-order valence-electron chi connectivity index (χ0n) is 41.4. The van der Waals surface area contributed by atoms with Crippen LogP contribution in [0, 0.1) is 17.8 Å². The molecule has 0 saturated heterocycles. The number of Topliss-reactive ketones (excluding diaryl/α,β-unsaturated/α-hetero) is 2. The van der Waals surface area contributed by atoms with Gasteiger partial charge in [-0.3, -0.25) is 52.9 Å². The standard InChI is InChI=1S/C37H68N12O13.C4F6O2/c1-8-18(6)27(35(60)49-28(19(7)51)34(59)43-14-25(53)44-22(13-24(38)52)32(57)47-23(15-50)36(61)62)48-30(55)20(10-9-11-42-37(40)41)45-31(56)21(12-16(2)3)46-33(58)26(39)29(54)17(4)5;5-3(6,7)1(11)2(12)4(8,9)10/h16-23,26-29,50-51,54H,8-15,39H2,1-7H3,(H2,38,52)(H,43,59)(H,44,53)(H,45,56)(H,46,58)(H,47,57)(H,48,55)(H,49,60)(H,61,62)(H4,40,41,42);/t18-,19-,20+,21-,22-,23-,26-,27?,28-,29+;/m0./s1. The number of guanidine groups is 1. The Kier molecular flexibility index (Phi) is 30.4. The second-order valence-electron chi connectivity index (χ2n) is 17.3. The second-order valence-corrected chi connectivity index (χ2v) is 17.3. The van der Waals surface area contributed by atoms with E-state index in [9.17, 15) is 94.4 Å². The van der Waals surface area contributed by atoms with Crippen LogP contribution in [0.1, 0.15) is 80.6 Å². The number of nitrogens with one attached hydrogen (secondary N) is 7. The molecule has 19 N–H and O–H groups in total. The summed E-state index contributed by atoms with van der Waals surface area (Å²) in [6.45, 7) is 9.56. The summed E-state index contributed by atoms with van der Waals surface area (Å²) in [6.07, 6.45) is -14.6. The van der Waals surface area contributed by atoms with Crippen LogP contribution >= 0.6 is 0 Å². The minimum atomic E-state index is -5.77. The zero-order chi connectivity index (χ0) is 58.2. The van der Waals surface area contributed by atoms with Crippen molar-refractivity contribution in [1.82, 2.24) is 37.2 Å². The number of halogens is 6. The lowest BCUT2D eigenvalue weighted by atomic mass is 9.96. The van der Waals surface area contributed by atoms with Crippen molar-refractivity contribution >= 4 is 70.8 Å². The van der Waals surface area contributed by atoms with Gasteiger partial charge in [-0.2, -0.15) is 26.3 Å². The Balaban J connectivity index is 0. The third-order valence-corrected chi connectivity index (χ3v) is 10.1. The predicted molar refractivity (Wildman–Crippen MR) is 245 cm³/mol. The van der Waals surface area contributed by atoms with E-state index in [-0.39, 0.29) is 43.6 Å². The zero-order valence-corrected chi connectivity index (χ0v) is 41.4. The number of nitrogens with two attached hydrogens (primary N) is 4. The molecule has 33 heteroatoms. The number of aliphatic hydroxyl groups excluding tert-OH is 3. The van der Waals surface area contributed by atoms with Crippen LogP contribution in [-0.4, -0.2) is 178 Å². The minimum absolute atomic E-state index is 0.0541. The fourth-order valence-electron chi connectivity index (χ4n) is 5.84. The van der Waals surface area contributed by atoms with Crippen LogP contribution in [0.15, 0.2) is 4.99 Å². The summed E-state index contributed by atoms with van der Waals surface area (Å²) in [5.74, 6) is -17.5. The fourth-order valence-corrected chi connectivity index (χ4v) is 5.84. The number of aliphatic imine (C=N–C) groups is 1. The van der Waals surface area contributed by atoms with Crippen LogP contribution < -0.4 is 60.2 Å². The van der Waals surface area contributed by atoms with Gasteiger partial charge >= 0.3 is 29.9 Å². The van der Waals surface area contributed by atoms with E-state index in [0.29, 0.717) is 6.42 Å². The highest BCUT2D eigenvalue weighted by molar-refractivity contribution is 6.41. The molecule has 0 aliphatic heterocycles. The Hall–Kier alpha value is -6.74. The van der Waals surface area contributed by atoms with Gasteiger partial charge in [0.05, 0.1) is 31.8 Å². The highest BCUT2D eigenvalue weighted by Gasteiger charge is 2.54. The Morgan fingerprint density at radius 1 is 0.622 bits per heavy atom. The van der Waals surface area contributed by atoms with Gasteiger partial charge in [0, 0.05) is 6.54 Å². The predicted octanol–water partition coefficient (Wildman–Crippen LogP) is -4.92. The number of carbonyl (C=O) groups excluding carboxylic acids is 10. The van der Waals surface area contributed by atoms with Crippen molar-refractivity contribution in [3.05, 3.63) is 0 Å². The number of carbonyl (C=O) groups is 11. The van der Waals surface area contributed by atoms with Crippen molar-refractivity contribution in [3.63, 3.8) is 0 Å². The second kappa shape index (κ2) is 32.4. The van der Waals surface area contributed by atoms with Crippen molar-refractivity contribution < 1.29 is 99.5 Å². The van der Waals surface area contributed by atoms with Crippen LogP contribution in [-0.2, 0) is 52.7 Å². The average Bonchev–Trinajstić information content (AvgIpc) is 3.28. The van der Waals surface area contributed by atoms with Crippen LogP contribution in [0.2, 0.25) is 0 Å². The summed E-state index contributed by atoms with van der Waals surface area (Å²) in [6, 6.07) is -10.4. The van der Waals surface area contributed by atoms with Crippen molar-refractivity contribution in [3.8, 4) is 0 Å². The molecule has 0 aliphatic carbocycles. The summed E-state index contributed by atoms with van der Waals surface area (Å²) in [5, 5.41) is 55.4. The molecule has 0 radical (unpaired) electrons. The Morgan fingerprint density at radius 3 is 1.51 bits per heavy atom. The molecule has 74 heavy (non-hydrogen) atoms. The minimum Gasteiger partial charge on any atom is -0.480 e. The van der Waals surface area contributed by atoms with Crippen molar-refractivity contribution in [2.45, 2.75) is 147 Å². The number of aliphatic hydroxyl groups is 3. The third-order valence-electron chi connectivity index (χ3n) is 10.1. The summed E-state index contributed by atoms with van der Waals surface area (Å²) in [4.78, 5) is 139. The van der Waals surface area contributed by atoms with Gasteiger partial charge in [-0.25, -0.2) is 4.79 Å². The molecule has 0 aromatic carbocycles. The lowest BCUT2D eigenvalue weighted by molar-refractivity contribution is -0.193. The van der Waals surface area contributed by atoms with E-state index in [0.717, 1.165) is 6.92 Å². The van der Waals surface area contributed by atoms with Crippen LogP contribution in [0.3, 0.4) is 0 Å². The number of rotatable bonds is 30. The number of amides is 8. The SMILES string of the molecule is CC[C@H](C)C(NC(=O)[C@@H](CCCN=C(N)N)NC(=O)[C@H](CC(C)C)NC(=O)[C@@H](N)[C@H](O)C(C)C)C(=O)N[C@H](C(=O)NCC(=O)N[C@@H](CC(N)=O)C(=O)N[C@@H](CO)C(=O)O)[C@H](C)O.O=C(C(=O)C(F)(F)F)C(F)(F)F. The number of hydrogen-bond acceptors (Lipinski definition) is 16. The lowest BCUT2D eigenvalue weighted by Gasteiger charge is -2.30. The fraction of sp³-hybridized carbons (Fsp3) is 0.707. The van der Waals surface area contributed by atoms with Gasteiger partial charge in [0.15, 0.2) is 5.96 Å². The number of nitrogens with zero attached hydrogens (tertiary/aromatic N) is 1. The first-order valence-electron chi connectivity index (χ1n) is 22.4. The lowest BCUT2D eigenvalue weighted by Crippen LogP contribution is -2.62. The Morgan fingerprint density at radius 2 is 1.09 bits per heavy atom. The molecule has 0 aromatic rings. The number of ketones is 2. The molecule has 0 fully saturated rings.